The summed E-state index contributed by atoms with van der Waals surface area (Å²) in [7, 11) is 1.32. The number of carbonyl (C=O) groups excluding carboxylic acids is 3. The lowest BCUT2D eigenvalue weighted by atomic mass is 10.0. The minimum absolute atomic E-state index is 0.239. The molecular weight excluding hydrogens is 587 g/mol. The van der Waals surface area contributed by atoms with E-state index >= 15 is 0 Å². The molecule has 1 aromatic heterocycles. The van der Waals surface area contributed by atoms with E-state index < -0.39 is 11.2 Å². The SMILES string of the molecule is CCC(Sc1cccc(NC(=O)c2ccc(Cl)cc2Cl)c1)C(=O)Nc1scc(-c2ccc(C)cc2)c1C(=O)OC. The number of esters is 1. The van der Waals surface area contributed by atoms with Crippen LogP contribution in [0, 0.1) is 6.92 Å². The molecule has 1 atom stereocenters. The number of aryl methyl sites for hydroxylation is 1. The minimum Gasteiger partial charge on any atom is -0.465 e. The van der Waals surface area contributed by atoms with Crippen LogP contribution < -0.4 is 10.6 Å². The summed E-state index contributed by atoms with van der Waals surface area (Å²) < 4.78 is 5.04. The van der Waals surface area contributed by atoms with Gasteiger partial charge in [-0.3, -0.25) is 9.59 Å². The van der Waals surface area contributed by atoms with Crippen molar-refractivity contribution >= 4 is 74.8 Å². The van der Waals surface area contributed by atoms with Crippen LogP contribution in [0.3, 0.4) is 0 Å². The Morgan fingerprint density at radius 1 is 1.00 bits per heavy atom. The lowest BCUT2D eigenvalue weighted by molar-refractivity contribution is -0.115. The molecule has 0 fully saturated rings. The molecule has 1 heterocycles. The highest BCUT2D eigenvalue weighted by atomic mass is 35.5. The predicted octanol–water partition coefficient (Wildman–Crippen LogP) is 8.58. The highest BCUT2D eigenvalue weighted by Gasteiger charge is 2.25. The van der Waals surface area contributed by atoms with Gasteiger partial charge < -0.3 is 15.4 Å². The highest BCUT2D eigenvalue weighted by molar-refractivity contribution is 8.00. The van der Waals surface area contributed by atoms with E-state index in [2.05, 4.69) is 10.6 Å². The summed E-state index contributed by atoms with van der Waals surface area (Å²) in [6.45, 7) is 3.91. The third-order valence-electron chi connectivity index (χ3n) is 5.99. The minimum atomic E-state index is -0.517. The normalized spacial score (nSPS) is 11.5. The zero-order valence-electron chi connectivity index (χ0n) is 21.9. The highest BCUT2D eigenvalue weighted by Crippen LogP contribution is 2.37. The molecule has 40 heavy (non-hydrogen) atoms. The average molecular weight is 614 g/mol. The number of hydrogen-bond acceptors (Lipinski definition) is 6. The van der Waals surface area contributed by atoms with E-state index in [9.17, 15) is 14.4 Å². The van der Waals surface area contributed by atoms with Gasteiger partial charge in [0.15, 0.2) is 0 Å². The van der Waals surface area contributed by atoms with E-state index in [-0.39, 0.29) is 16.8 Å². The molecule has 2 N–H and O–H groups in total. The molecule has 0 spiro atoms. The van der Waals surface area contributed by atoms with Gasteiger partial charge in [-0.2, -0.15) is 0 Å². The van der Waals surface area contributed by atoms with Crippen LogP contribution in [-0.4, -0.2) is 30.1 Å². The number of rotatable bonds is 9. The van der Waals surface area contributed by atoms with Crippen LogP contribution in [-0.2, 0) is 9.53 Å². The molecule has 0 saturated carbocycles. The molecule has 1 unspecified atom stereocenters. The van der Waals surface area contributed by atoms with Crippen molar-refractivity contribution < 1.29 is 19.1 Å². The summed E-state index contributed by atoms with van der Waals surface area (Å²) in [5.41, 5.74) is 3.87. The van der Waals surface area contributed by atoms with Crippen molar-refractivity contribution in [1.29, 1.82) is 0 Å². The Balaban J connectivity index is 1.50. The van der Waals surface area contributed by atoms with Gasteiger partial charge >= 0.3 is 5.97 Å². The van der Waals surface area contributed by atoms with Crippen molar-refractivity contribution in [2.75, 3.05) is 17.7 Å². The van der Waals surface area contributed by atoms with Crippen molar-refractivity contribution in [3.63, 3.8) is 0 Å². The van der Waals surface area contributed by atoms with Crippen molar-refractivity contribution in [3.05, 3.63) is 98.8 Å². The van der Waals surface area contributed by atoms with Crippen LogP contribution in [0.4, 0.5) is 10.7 Å². The fourth-order valence-corrected chi connectivity index (χ4v) is 6.37. The van der Waals surface area contributed by atoms with E-state index in [0.29, 0.717) is 38.8 Å². The molecule has 0 saturated heterocycles. The Bertz CT molecular complexity index is 1550. The molecule has 6 nitrogen and oxygen atoms in total. The fraction of sp³-hybridized carbons (Fsp3) is 0.167. The Morgan fingerprint density at radius 2 is 1.75 bits per heavy atom. The second-order valence-electron chi connectivity index (χ2n) is 8.82. The average Bonchev–Trinajstić information content (AvgIpc) is 3.35. The maximum absolute atomic E-state index is 13.3. The number of thioether (sulfide) groups is 1. The van der Waals surface area contributed by atoms with E-state index in [1.807, 2.05) is 49.6 Å². The summed E-state index contributed by atoms with van der Waals surface area (Å²) in [6, 6.07) is 19.7. The van der Waals surface area contributed by atoms with Crippen molar-refractivity contribution in [3.8, 4) is 11.1 Å². The lowest BCUT2D eigenvalue weighted by Crippen LogP contribution is -2.25. The van der Waals surface area contributed by atoms with Gasteiger partial charge in [-0.1, -0.05) is 66.0 Å². The van der Waals surface area contributed by atoms with Gasteiger partial charge in [-0.15, -0.1) is 23.1 Å². The van der Waals surface area contributed by atoms with Crippen LogP contribution >= 0.6 is 46.3 Å². The second kappa shape index (κ2) is 13.4. The van der Waals surface area contributed by atoms with Crippen LogP contribution in [0.1, 0.15) is 39.6 Å². The summed E-state index contributed by atoms with van der Waals surface area (Å²) in [5.74, 6) is -1.12. The van der Waals surface area contributed by atoms with Gasteiger partial charge in [0.05, 0.1) is 22.9 Å². The standard InChI is InChI=1S/C30H26Cl2N2O4S2/c1-4-25(40-21-7-5-6-20(15-21)33-27(35)22-13-12-19(31)14-24(22)32)28(36)34-29-26(30(37)38-3)23(16-39-29)18-10-8-17(2)9-11-18/h5-16,25H,4H2,1-3H3,(H,33,35)(H,34,36). The maximum Gasteiger partial charge on any atom is 0.341 e. The second-order valence-corrected chi connectivity index (χ2v) is 11.8. The lowest BCUT2D eigenvalue weighted by Gasteiger charge is -2.16. The molecule has 0 radical (unpaired) electrons. The number of ether oxygens (including phenoxy) is 1. The number of amides is 2. The van der Waals surface area contributed by atoms with Crippen LogP contribution in [0.5, 0.6) is 0 Å². The Morgan fingerprint density at radius 3 is 2.42 bits per heavy atom. The number of methoxy groups -OCH3 is 1. The smallest absolute Gasteiger partial charge is 0.341 e. The van der Waals surface area contributed by atoms with Gasteiger partial charge in [0.1, 0.15) is 10.6 Å². The van der Waals surface area contributed by atoms with E-state index in [0.717, 1.165) is 16.0 Å². The Kier molecular flexibility index (Phi) is 9.92. The quantitative estimate of drug-likeness (QED) is 0.146. The molecular formula is C30H26Cl2N2O4S2. The third-order valence-corrected chi connectivity index (χ3v) is 8.79. The molecule has 0 aliphatic heterocycles. The summed E-state index contributed by atoms with van der Waals surface area (Å²) in [5, 5.41) is 8.30. The number of carbonyl (C=O) groups is 3. The van der Waals surface area contributed by atoms with Gasteiger partial charge in [0, 0.05) is 26.5 Å². The number of hydrogen-bond donors (Lipinski definition) is 2. The van der Waals surface area contributed by atoms with E-state index in [4.69, 9.17) is 27.9 Å². The third kappa shape index (κ3) is 7.06. The van der Waals surface area contributed by atoms with Crippen molar-refractivity contribution in [2.45, 2.75) is 30.4 Å². The molecule has 4 rings (SSSR count). The van der Waals surface area contributed by atoms with E-state index in [1.54, 1.807) is 30.3 Å². The maximum atomic E-state index is 13.3. The Hall–Kier alpha value is -3.30. The fourth-order valence-electron chi connectivity index (χ4n) is 3.90. The zero-order chi connectivity index (χ0) is 28.8. The first-order valence-corrected chi connectivity index (χ1v) is 14.8. The van der Waals surface area contributed by atoms with Crippen LogP contribution in [0.2, 0.25) is 10.0 Å². The van der Waals surface area contributed by atoms with Crippen LogP contribution in [0.15, 0.2) is 77.0 Å². The summed E-state index contributed by atoms with van der Waals surface area (Å²) in [6.07, 6.45) is 0.539. The Labute approximate surface area is 251 Å². The molecule has 0 bridgehead atoms. The number of anilines is 2. The topological polar surface area (TPSA) is 84.5 Å². The van der Waals surface area contributed by atoms with Gasteiger partial charge in [-0.25, -0.2) is 4.79 Å². The molecule has 0 aliphatic rings. The van der Waals surface area contributed by atoms with Gasteiger partial charge in [0.2, 0.25) is 5.91 Å². The van der Waals surface area contributed by atoms with Gasteiger partial charge in [0.25, 0.3) is 5.91 Å². The van der Waals surface area contributed by atoms with Gasteiger partial charge in [-0.05, 0) is 55.3 Å². The molecule has 0 aliphatic carbocycles. The molecule has 10 heteroatoms. The predicted molar refractivity (Wildman–Crippen MR) is 165 cm³/mol. The number of halogens is 2. The zero-order valence-corrected chi connectivity index (χ0v) is 25.1. The number of nitrogens with one attached hydrogen (secondary N) is 2. The van der Waals surface area contributed by atoms with Crippen molar-refractivity contribution in [1.82, 2.24) is 0 Å². The number of thiophene rings is 1. The molecule has 3 aromatic carbocycles. The van der Waals surface area contributed by atoms with Crippen LogP contribution in [0.25, 0.3) is 11.1 Å². The molecule has 2 amide bonds. The number of benzene rings is 3. The first kappa shape index (κ1) is 29.7. The first-order valence-electron chi connectivity index (χ1n) is 12.3. The monoisotopic (exact) mass is 612 g/mol. The van der Waals surface area contributed by atoms with Crippen molar-refractivity contribution in [2.24, 2.45) is 0 Å². The largest absolute Gasteiger partial charge is 0.465 e. The van der Waals surface area contributed by atoms with E-state index in [1.165, 1.54) is 36.3 Å². The molecule has 206 valence electrons. The summed E-state index contributed by atoms with van der Waals surface area (Å²) >= 11 is 14.8. The molecule has 4 aromatic rings. The first-order chi connectivity index (χ1) is 19.2. The summed E-state index contributed by atoms with van der Waals surface area (Å²) in [4.78, 5) is 39.6.